The van der Waals surface area contributed by atoms with Gasteiger partial charge in [0.1, 0.15) is 5.69 Å². The van der Waals surface area contributed by atoms with Crippen LogP contribution in [0, 0.1) is 5.82 Å². The Hall–Kier alpha value is -3.45. The highest BCUT2D eigenvalue weighted by Crippen LogP contribution is 2.30. The van der Waals surface area contributed by atoms with E-state index in [1.54, 1.807) is 6.20 Å². The van der Waals surface area contributed by atoms with Gasteiger partial charge in [-0.3, -0.25) is 0 Å². The number of H-pyrrole nitrogens is 1. The van der Waals surface area contributed by atoms with E-state index in [1.807, 2.05) is 36.4 Å². The number of benzene rings is 2. The van der Waals surface area contributed by atoms with E-state index in [9.17, 15) is 4.39 Å². The molecule has 1 fully saturated rings. The summed E-state index contributed by atoms with van der Waals surface area (Å²) >= 11 is 0. The third kappa shape index (κ3) is 3.52. The van der Waals surface area contributed by atoms with Gasteiger partial charge in [-0.25, -0.2) is 14.4 Å². The molecule has 2 aromatic carbocycles. The molecule has 1 aliphatic rings. The van der Waals surface area contributed by atoms with Crippen LogP contribution in [0.25, 0.3) is 22.2 Å². The van der Waals surface area contributed by atoms with Gasteiger partial charge < -0.3 is 19.9 Å². The van der Waals surface area contributed by atoms with Crippen LogP contribution in [-0.4, -0.2) is 41.3 Å². The molecule has 2 N–H and O–H groups in total. The van der Waals surface area contributed by atoms with Gasteiger partial charge in [0.2, 0.25) is 5.95 Å². The average Bonchev–Trinajstić information content (AvgIpc) is 3.20. The molecule has 0 amide bonds. The number of aromatic nitrogens is 3. The number of ether oxygens (including phenoxy) is 1. The number of morpholine rings is 1. The number of nitrogens with zero attached hydrogens (tertiary/aromatic N) is 3. The van der Waals surface area contributed by atoms with Gasteiger partial charge in [-0.1, -0.05) is 18.2 Å². The number of anilines is 3. The summed E-state index contributed by atoms with van der Waals surface area (Å²) in [6.45, 7) is 3.28. The van der Waals surface area contributed by atoms with Crippen molar-refractivity contribution >= 4 is 28.2 Å². The van der Waals surface area contributed by atoms with E-state index < -0.39 is 5.82 Å². The number of para-hydroxylation sites is 1. The Labute approximate surface area is 167 Å². The lowest BCUT2D eigenvalue weighted by Crippen LogP contribution is -2.36. The Balaban J connectivity index is 1.40. The zero-order valence-electron chi connectivity index (χ0n) is 15.7. The van der Waals surface area contributed by atoms with Crippen molar-refractivity contribution in [3.8, 4) is 11.3 Å². The molecule has 0 unspecified atom stereocenters. The maximum absolute atomic E-state index is 14.5. The molecule has 1 saturated heterocycles. The molecule has 6 nitrogen and oxygen atoms in total. The SMILES string of the molecule is Fc1cnc(Nc2ccc(N3CCOCC3)cc2)nc1-c1c[nH]c2ccccc12. The third-order valence-corrected chi connectivity index (χ3v) is 5.09. The molecule has 5 rings (SSSR count). The summed E-state index contributed by atoms with van der Waals surface area (Å²) in [4.78, 5) is 14.0. The predicted octanol–water partition coefficient (Wildman–Crippen LogP) is 4.34. The van der Waals surface area contributed by atoms with Crippen LogP contribution in [0.1, 0.15) is 0 Å². The van der Waals surface area contributed by atoms with E-state index >= 15 is 0 Å². The predicted molar refractivity (Wildman–Crippen MR) is 112 cm³/mol. The first-order valence-electron chi connectivity index (χ1n) is 9.57. The third-order valence-electron chi connectivity index (χ3n) is 5.09. The molecule has 3 heterocycles. The van der Waals surface area contributed by atoms with Gasteiger partial charge in [0.05, 0.1) is 19.4 Å². The van der Waals surface area contributed by atoms with Crippen LogP contribution in [0.5, 0.6) is 0 Å². The molecule has 4 aromatic rings. The fourth-order valence-electron chi connectivity index (χ4n) is 3.59. The molecule has 0 atom stereocenters. The second-order valence-electron chi connectivity index (χ2n) is 6.91. The lowest BCUT2D eigenvalue weighted by molar-refractivity contribution is 0.122. The summed E-state index contributed by atoms with van der Waals surface area (Å²) in [5.74, 6) is -0.103. The summed E-state index contributed by atoms with van der Waals surface area (Å²) < 4.78 is 19.9. The van der Waals surface area contributed by atoms with Crippen LogP contribution in [0.4, 0.5) is 21.7 Å². The minimum atomic E-state index is -0.456. The topological polar surface area (TPSA) is 66.1 Å². The van der Waals surface area contributed by atoms with E-state index in [4.69, 9.17) is 4.74 Å². The lowest BCUT2D eigenvalue weighted by atomic mass is 10.1. The van der Waals surface area contributed by atoms with Crippen molar-refractivity contribution in [2.75, 3.05) is 36.5 Å². The first kappa shape index (κ1) is 17.6. The van der Waals surface area contributed by atoms with Crippen molar-refractivity contribution < 1.29 is 9.13 Å². The van der Waals surface area contributed by atoms with Crippen molar-refractivity contribution in [2.24, 2.45) is 0 Å². The first-order chi connectivity index (χ1) is 14.3. The summed E-state index contributed by atoms with van der Waals surface area (Å²) in [5, 5.41) is 4.09. The van der Waals surface area contributed by atoms with Gasteiger partial charge >= 0.3 is 0 Å². The Kier molecular flexibility index (Phi) is 4.57. The normalized spacial score (nSPS) is 14.3. The van der Waals surface area contributed by atoms with Crippen LogP contribution in [0.3, 0.4) is 0 Å². The van der Waals surface area contributed by atoms with Crippen molar-refractivity contribution in [1.29, 1.82) is 0 Å². The standard InChI is InChI=1S/C22H20FN5O/c23-19-14-25-22(27-21(19)18-13-24-20-4-2-1-3-17(18)20)26-15-5-7-16(8-6-15)28-9-11-29-12-10-28/h1-8,13-14,24H,9-12H2,(H,25,26,27). The summed E-state index contributed by atoms with van der Waals surface area (Å²) in [7, 11) is 0. The minimum absolute atomic E-state index is 0.268. The van der Waals surface area contributed by atoms with Crippen LogP contribution in [0.2, 0.25) is 0 Å². The summed E-state index contributed by atoms with van der Waals surface area (Å²) in [5.41, 5.74) is 3.92. The number of halogens is 1. The Morgan fingerprint density at radius 2 is 1.83 bits per heavy atom. The monoisotopic (exact) mass is 389 g/mol. The molecule has 1 aliphatic heterocycles. The highest BCUT2D eigenvalue weighted by molar-refractivity contribution is 5.94. The summed E-state index contributed by atoms with van der Waals surface area (Å²) in [6, 6.07) is 15.8. The first-order valence-corrected chi connectivity index (χ1v) is 9.57. The fraction of sp³-hybridized carbons (Fsp3) is 0.182. The zero-order valence-corrected chi connectivity index (χ0v) is 15.7. The van der Waals surface area contributed by atoms with Crippen molar-refractivity contribution in [3.05, 3.63) is 66.7 Å². The van der Waals surface area contributed by atoms with Crippen molar-refractivity contribution in [3.63, 3.8) is 0 Å². The molecular weight excluding hydrogens is 369 g/mol. The largest absolute Gasteiger partial charge is 0.378 e. The van der Waals surface area contributed by atoms with E-state index in [2.05, 4.69) is 37.3 Å². The fourth-order valence-corrected chi connectivity index (χ4v) is 3.59. The molecule has 29 heavy (non-hydrogen) atoms. The van der Waals surface area contributed by atoms with E-state index in [0.717, 1.165) is 48.6 Å². The minimum Gasteiger partial charge on any atom is -0.378 e. The van der Waals surface area contributed by atoms with Crippen LogP contribution < -0.4 is 10.2 Å². The van der Waals surface area contributed by atoms with Gasteiger partial charge in [0.25, 0.3) is 0 Å². The lowest BCUT2D eigenvalue weighted by Gasteiger charge is -2.28. The maximum Gasteiger partial charge on any atom is 0.227 e. The molecule has 146 valence electrons. The molecular formula is C22H20FN5O. The van der Waals surface area contributed by atoms with E-state index in [-0.39, 0.29) is 5.69 Å². The van der Waals surface area contributed by atoms with E-state index in [0.29, 0.717) is 11.5 Å². The van der Waals surface area contributed by atoms with Gasteiger partial charge in [0.15, 0.2) is 5.82 Å². The smallest absolute Gasteiger partial charge is 0.227 e. The molecule has 0 spiro atoms. The highest BCUT2D eigenvalue weighted by Gasteiger charge is 2.14. The second kappa shape index (κ2) is 7.52. The zero-order chi connectivity index (χ0) is 19.6. The molecule has 0 saturated carbocycles. The van der Waals surface area contributed by atoms with Crippen molar-refractivity contribution in [1.82, 2.24) is 15.0 Å². The van der Waals surface area contributed by atoms with Crippen molar-refractivity contribution in [2.45, 2.75) is 0 Å². The summed E-state index contributed by atoms with van der Waals surface area (Å²) in [6.07, 6.45) is 2.98. The van der Waals surface area contributed by atoms with Crippen LogP contribution in [0.15, 0.2) is 60.9 Å². The quantitative estimate of drug-likeness (QED) is 0.543. The number of rotatable bonds is 4. The number of aromatic amines is 1. The van der Waals surface area contributed by atoms with Crippen LogP contribution >= 0.6 is 0 Å². The second-order valence-corrected chi connectivity index (χ2v) is 6.91. The molecule has 0 radical (unpaired) electrons. The Morgan fingerprint density at radius 1 is 1.03 bits per heavy atom. The Morgan fingerprint density at radius 3 is 2.66 bits per heavy atom. The number of hydrogen-bond acceptors (Lipinski definition) is 5. The van der Waals surface area contributed by atoms with Gasteiger partial charge in [-0.2, -0.15) is 0 Å². The average molecular weight is 389 g/mol. The number of fused-ring (bicyclic) bond motifs is 1. The maximum atomic E-state index is 14.5. The molecule has 0 bridgehead atoms. The van der Waals surface area contributed by atoms with Gasteiger partial charge in [-0.15, -0.1) is 0 Å². The molecule has 7 heteroatoms. The van der Waals surface area contributed by atoms with Gasteiger partial charge in [-0.05, 0) is 30.3 Å². The van der Waals surface area contributed by atoms with Crippen LogP contribution in [-0.2, 0) is 4.74 Å². The molecule has 2 aromatic heterocycles. The Bertz CT molecular complexity index is 1140. The number of nitrogens with one attached hydrogen (secondary N) is 2. The highest BCUT2D eigenvalue weighted by atomic mass is 19.1. The molecule has 0 aliphatic carbocycles. The van der Waals surface area contributed by atoms with Gasteiger partial charge in [0, 0.05) is 47.1 Å². The number of hydrogen-bond donors (Lipinski definition) is 2. The van der Waals surface area contributed by atoms with E-state index in [1.165, 1.54) is 6.20 Å².